The van der Waals surface area contributed by atoms with Crippen LogP contribution in [0.4, 0.5) is 0 Å². The Morgan fingerprint density at radius 3 is 2.65 bits per heavy atom. The van der Waals surface area contributed by atoms with E-state index in [2.05, 4.69) is 15.9 Å². The van der Waals surface area contributed by atoms with E-state index >= 15 is 0 Å². The molecule has 2 aromatic carbocycles. The summed E-state index contributed by atoms with van der Waals surface area (Å²) < 4.78 is 12.1. The van der Waals surface area contributed by atoms with Crippen LogP contribution in [-0.2, 0) is 6.61 Å². The summed E-state index contributed by atoms with van der Waals surface area (Å²) in [5.41, 5.74) is 7.42. The van der Waals surface area contributed by atoms with Crippen molar-refractivity contribution in [2.75, 3.05) is 7.11 Å². The van der Waals surface area contributed by atoms with Gasteiger partial charge in [0.25, 0.3) is 0 Å². The van der Waals surface area contributed by atoms with Crippen LogP contribution >= 0.6 is 28.1 Å². The van der Waals surface area contributed by atoms with Gasteiger partial charge in [0.15, 0.2) is 11.5 Å². The fourth-order valence-corrected chi connectivity index (χ4v) is 2.30. The van der Waals surface area contributed by atoms with Crippen molar-refractivity contribution in [3.05, 3.63) is 58.1 Å². The first-order valence-electron chi connectivity index (χ1n) is 5.95. The van der Waals surface area contributed by atoms with Crippen LogP contribution in [0.5, 0.6) is 11.5 Å². The first kappa shape index (κ1) is 14.8. The van der Waals surface area contributed by atoms with Gasteiger partial charge in [-0.1, -0.05) is 40.3 Å². The molecule has 0 saturated carbocycles. The zero-order valence-electron chi connectivity index (χ0n) is 10.9. The minimum absolute atomic E-state index is 0.335. The van der Waals surface area contributed by atoms with Gasteiger partial charge < -0.3 is 15.2 Å². The molecule has 2 aromatic rings. The summed E-state index contributed by atoms with van der Waals surface area (Å²) in [4.78, 5) is 0.335. The predicted octanol–water partition coefficient (Wildman–Crippen LogP) is 3.67. The number of thiocarbonyl (C=S) groups is 1. The molecule has 20 heavy (non-hydrogen) atoms. The van der Waals surface area contributed by atoms with E-state index < -0.39 is 0 Å². The molecule has 0 radical (unpaired) electrons. The SMILES string of the molecule is COc1cc(C(N)=S)ccc1OCc1cccc(Br)c1. The quantitative estimate of drug-likeness (QED) is 0.834. The minimum Gasteiger partial charge on any atom is -0.493 e. The fourth-order valence-electron chi connectivity index (χ4n) is 1.73. The fraction of sp³-hybridized carbons (Fsp3) is 0.133. The van der Waals surface area contributed by atoms with Gasteiger partial charge in [-0.3, -0.25) is 0 Å². The molecule has 0 heterocycles. The smallest absolute Gasteiger partial charge is 0.161 e. The van der Waals surface area contributed by atoms with Gasteiger partial charge in [-0.25, -0.2) is 0 Å². The third-order valence-corrected chi connectivity index (χ3v) is 3.46. The molecule has 2 N–H and O–H groups in total. The molecule has 5 heteroatoms. The maximum Gasteiger partial charge on any atom is 0.161 e. The molecule has 0 unspecified atom stereocenters. The average molecular weight is 352 g/mol. The van der Waals surface area contributed by atoms with E-state index in [-0.39, 0.29) is 0 Å². The number of rotatable bonds is 5. The lowest BCUT2D eigenvalue weighted by Gasteiger charge is -2.12. The lowest BCUT2D eigenvalue weighted by Crippen LogP contribution is -2.09. The molecule has 0 saturated heterocycles. The normalized spacial score (nSPS) is 10.1. The van der Waals surface area contributed by atoms with Crippen LogP contribution < -0.4 is 15.2 Å². The van der Waals surface area contributed by atoms with E-state index in [0.29, 0.717) is 23.1 Å². The molecule has 0 fully saturated rings. The summed E-state index contributed by atoms with van der Waals surface area (Å²) in [7, 11) is 1.59. The maximum absolute atomic E-state index is 5.77. The van der Waals surface area contributed by atoms with Crippen molar-refractivity contribution in [1.29, 1.82) is 0 Å². The van der Waals surface area contributed by atoms with E-state index in [1.54, 1.807) is 13.2 Å². The van der Waals surface area contributed by atoms with Crippen LogP contribution in [0, 0.1) is 0 Å². The van der Waals surface area contributed by atoms with Crippen LogP contribution in [0.25, 0.3) is 0 Å². The molecular weight excluding hydrogens is 338 g/mol. The summed E-state index contributed by atoms with van der Waals surface area (Å²) in [5, 5.41) is 0. The average Bonchev–Trinajstić information content (AvgIpc) is 2.45. The zero-order chi connectivity index (χ0) is 14.5. The van der Waals surface area contributed by atoms with Crippen LogP contribution in [0.15, 0.2) is 46.9 Å². The number of hydrogen-bond acceptors (Lipinski definition) is 3. The maximum atomic E-state index is 5.77. The lowest BCUT2D eigenvalue weighted by molar-refractivity contribution is 0.284. The van der Waals surface area contributed by atoms with Gasteiger partial charge in [-0.05, 0) is 35.9 Å². The number of hydrogen-bond donors (Lipinski definition) is 1. The second-order valence-corrected chi connectivity index (χ2v) is 5.50. The molecule has 0 amide bonds. The van der Waals surface area contributed by atoms with E-state index in [1.165, 1.54) is 0 Å². The Labute approximate surface area is 131 Å². The Morgan fingerprint density at radius 1 is 1.20 bits per heavy atom. The molecule has 0 aliphatic heterocycles. The standard InChI is InChI=1S/C15H14BrNO2S/c1-18-14-8-11(15(17)20)5-6-13(14)19-9-10-3-2-4-12(16)7-10/h2-8H,9H2,1H3,(H2,17,20). The lowest BCUT2D eigenvalue weighted by atomic mass is 10.2. The highest BCUT2D eigenvalue weighted by Crippen LogP contribution is 2.29. The predicted molar refractivity (Wildman–Crippen MR) is 87.4 cm³/mol. The van der Waals surface area contributed by atoms with Gasteiger partial charge >= 0.3 is 0 Å². The van der Waals surface area contributed by atoms with Crippen LogP contribution in [0.3, 0.4) is 0 Å². The summed E-state index contributed by atoms with van der Waals surface area (Å²) >= 11 is 8.38. The second-order valence-electron chi connectivity index (χ2n) is 4.15. The van der Waals surface area contributed by atoms with Crippen molar-refractivity contribution < 1.29 is 9.47 Å². The second kappa shape index (κ2) is 6.72. The number of nitrogens with two attached hydrogens (primary N) is 1. The topological polar surface area (TPSA) is 44.5 Å². The summed E-state index contributed by atoms with van der Waals surface area (Å²) in [6.45, 7) is 0.461. The summed E-state index contributed by atoms with van der Waals surface area (Å²) in [6, 6.07) is 13.4. The monoisotopic (exact) mass is 351 g/mol. The van der Waals surface area contributed by atoms with Gasteiger partial charge in [0.05, 0.1) is 7.11 Å². The first-order chi connectivity index (χ1) is 9.60. The molecule has 0 aromatic heterocycles. The van der Waals surface area contributed by atoms with E-state index in [4.69, 9.17) is 27.4 Å². The van der Waals surface area contributed by atoms with Crippen molar-refractivity contribution in [3.8, 4) is 11.5 Å². The van der Waals surface area contributed by atoms with E-state index in [0.717, 1.165) is 15.6 Å². The molecule has 104 valence electrons. The zero-order valence-corrected chi connectivity index (χ0v) is 13.3. The molecule has 0 spiro atoms. The Kier molecular flexibility index (Phi) is 4.98. The molecule has 0 aliphatic rings. The van der Waals surface area contributed by atoms with Crippen molar-refractivity contribution >= 4 is 33.1 Å². The van der Waals surface area contributed by atoms with Gasteiger partial charge in [0.1, 0.15) is 11.6 Å². The Morgan fingerprint density at radius 2 is 2.00 bits per heavy atom. The Hall–Kier alpha value is -1.59. The number of ether oxygens (including phenoxy) is 2. The summed E-state index contributed by atoms with van der Waals surface area (Å²) in [6.07, 6.45) is 0. The van der Waals surface area contributed by atoms with Crippen molar-refractivity contribution in [1.82, 2.24) is 0 Å². The van der Waals surface area contributed by atoms with Crippen molar-refractivity contribution in [2.24, 2.45) is 5.73 Å². The molecule has 0 aliphatic carbocycles. The van der Waals surface area contributed by atoms with E-state index in [9.17, 15) is 0 Å². The van der Waals surface area contributed by atoms with Crippen LogP contribution in [-0.4, -0.2) is 12.1 Å². The largest absolute Gasteiger partial charge is 0.493 e. The first-order valence-corrected chi connectivity index (χ1v) is 7.15. The molecular formula is C15H14BrNO2S. The van der Waals surface area contributed by atoms with Crippen LogP contribution in [0.1, 0.15) is 11.1 Å². The molecule has 0 atom stereocenters. The van der Waals surface area contributed by atoms with Gasteiger partial charge in [0, 0.05) is 10.0 Å². The number of halogens is 1. The molecule has 3 nitrogen and oxygen atoms in total. The van der Waals surface area contributed by atoms with Crippen LogP contribution in [0.2, 0.25) is 0 Å². The number of benzene rings is 2. The molecule has 2 rings (SSSR count). The van der Waals surface area contributed by atoms with Gasteiger partial charge in [-0.2, -0.15) is 0 Å². The highest BCUT2D eigenvalue weighted by atomic mass is 79.9. The highest BCUT2D eigenvalue weighted by molar-refractivity contribution is 9.10. The molecule has 0 bridgehead atoms. The minimum atomic E-state index is 0.335. The van der Waals surface area contributed by atoms with Gasteiger partial charge in [-0.15, -0.1) is 0 Å². The van der Waals surface area contributed by atoms with Crippen molar-refractivity contribution in [2.45, 2.75) is 6.61 Å². The third kappa shape index (κ3) is 3.71. The summed E-state index contributed by atoms with van der Waals surface area (Å²) in [5.74, 6) is 1.28. The van der Waals surface area contributed by atoms with E-state index in [1.807, 2.05) is 36.4 Å². The van der Waals surface area contributed by atoms with Crippen molar-refractivity contribution in [3.63, 3.8) is 0 Å². The van der Waals surface area contributed by atoms with Gasteiger partial charge in [0.2, 0.25) is 0 Å². The third-order valence-electron chi connectivity index (χ3n) is 2.73. The Bertz CT molecular complexity index is 631. The Balaban J connectivity index is 2.15. The number of methoxy groups -OCH3 is 1. The highest BCUT2D eigenvalue weighted by Gasteiger charge is 2.07.